The minimum Gasteiger partial charge on any atom is -0.410 e. The molecule has 3 aromatic rings. The molecular formula is C14H14N4O2S2. The smallest absolute Gasteiger partial charge is 0.277 e. The number of carbonyl (C=O) groups excluding carboxylic acids is 1. The second-order valence-corrected chi connectivity index (χ2v) is 6.84. The molecule has 0 bridgehead atoms. The van der Waals surface area contributed by atoms with Gasteiger partial charge in [-0.2, -0.15) is 0 Å². The topological polar surface area (TPSA) is 83.8 Å². The van der Waals surface area contributed by atoms with Crippen LogP contribution in [0.5, 0.6) is 0 Å². The van der Waals surface area contributed by atoms with Gasteiger partial charge in [-0.1, -0.05) is 17.8 Å². The highest BCUT2D eigenvalue weighted by Crippen LogP contribution is 2.25. The van der Waals surface area contributed by atoms with E-state index in [9.17, 15) is 4.79 Å². The number of thiophene rings is 1. The first-order chi connectivity index (χ1) is 10.7. The van der Waals surface area contributed by atoms with Crippen LogP contribution < -0.4 is 5.32 Å². The van der Waals surface area contributed by atoms with Gasteiger partial charge in [0.05, 0.1) is 11.8 Å². The van der Waals surface area contributed by atoms with Gasteiger partial charge in [-0.05, 0) is 30.5 Å². The fourth-order valence-corrected chi connectivity index (χ4v) is 3.12. The van der Waals surface area contributed by atoms with Gasteiger partial charge in [-0.3, -0.25) is 4.79 Å². The van der Waals surface area contributed by atoms with Crippen LogP contribution in [0.15, 0.2) is 45.5 Å². The van der Waals surface area contributed by atoms with E-state index in [2.05, 4.69) is 20.5 Å². The van der Waals surface area contributed by atoms with Crippen LogP contribution >= 0.6 is 23.1 Å². The first kappa shape index (κ1) is 14.9. The number of aromatic amines is 1. The normalized spacial score (nSPS) is 12.2. The summed E-state index contributed by atoms with van der Waals surface area (Å²) in [5.41, 5.74) is 0.758. The number of nitrogens with one attached hydrogen (secondary N) is 2. The number of thioether (sulfide) groups is 1. The Kier molecular flexibility index (Phi) is 4.59. The number of amides is 1. The summed E-state index contributed by atoms with van der Waals surface area (Å²) in [5, 5.41) is 12.9. The van der Waals surface area contributed by atoms with Gasteiger partial charge in [0.25, 0.3) is 11.1 Å². The third-order valence-electron chi connectivity index (χ3n) is 2.90. The largest absolute Gasteiger partial charge is 0.410 e. The quantitative estimate of drug-likeness (QED) is 0.677. The summed E-state index contributed by atoms with van der Waals surface area (Å²) in [6.45, 7) is 2.35. The standard InChI is InChI=1S/C14H14N4O2S2/c1-9(12(19)16-8-10-4-3-7-21-10)22-14-18-17-13(20-14)11-5-2-6-15-11/h2-7,9,15H,8H2,1H3,(H,16,19)/t9-/m1/s1. The highest BCUT2D eigenvalue weighted by molar-refractivity contribution is 8.00. The van der Waals surface area contributed by atoms with Crippen molar-refractivity contribution in [3.05, 3.63) is 40.7 Å². The lowest BCUT2D eigenvalue weighted by molar-refractivity contribution is -0.120. The van der Waals surface area contributed by atoms with Gasteiger partial charge < -0.3 is 14.7 Å². The summed E-state index contributed by atoms with van der Waals surface area (Å²) < 4.78 is 5.53. The SMILES string of the molecule is C[C@@H](Sc1nnc(-c2ccc[nH]2)o1)C(=O)NCc1cccs1. The number of H-pyrrole nitrogens is 1. The molecule has 0 radical (unpaired) electrons. The van der Waals surface area contributed by atoms with E-state index in [-0.39, 0.29) is 11.2 Å². The maximum absolute atomic E-state index is 12.1. The van der Waals surface area contributed by atoms with E-state index in [0.29, 0.717) is 17.7 Å². The lowest BCUT2D eigenvalue weighted by Gasteiger charge is -2.08. The molecule has 0 saturated heterocycles. The molecule has 0 aliphatic carbocycles. The van der Waals surface area contributed by atoms with E-state index in [0.717, 1.165) is 10.6 Å². The number of aromatic nitrogens is 3. The number of hydrogen-bond acceptors (Lipinski definition) is 6. The Hall–Kier alpha value is -2.06. The molecule has 0 aliphatic rings. The van der Waals surface area contributed by atoms with E-state index in [1.807, 2.05) is 36.6 Å². The van der Waals surface area contributed by atoms with E-state index >= 15 is 0 Å². The van der Waals surface area contributed by atoms with Crippen molar-refractivity contribution in [3.63, 3.8) is 0 Å². The molecule has 6 nitrogen and oxygen atoms in total. The molecule has 0 spiro atoms. The molecule has 22 heavy (non-hydrogen) atoms. The Balaban J connectivity index is 1.54. The number of carbonyl (C=O) groups is 1. The van der Waals surface area contributed by atoms with Crippen LogP contribution in [-0.2, 0) is 11.3 Å². The zero-order valence-electron chi connectivity index (χ0n) is 11.8. The van der Waals surface area contributed by atoms with Crippen LogP contribution in [0.25, 0.3) is 11.6 Å². The third kappa shape index (κ3) is 3.58. The monoisotopic (exact) mass is 334 g/mol. The van der Waals surface area contributed by atoms with E-state index in [1.165, 1.54) is 11.8 Å². The second kappa shape index (κ2) is 6.80. The molecule has 3 rings (SSSR count). The summed E-state index contributed by atoms with van der Waals surface area (Å²) in [6, 6.07) is 7.65. The number of hydrogen-bond donors (Lipinski definition) is 2. The van der Waals surface area contributed by atoms with Gasteiger partial charge in [0.2, 0.25) is 5.91 Å². The van der Waals surface area contributed by atoms with Crippen molar-refractivity contribution in [1.82, 2.24) is 20.5 Å². The van der Waals surface area contributed by atoms with Crippen molar-refractivity contribution in [2.75, 3.05) is 0 Å². The molecule has 0 aromatic carbocycles. The van der Waals surface area contributed by atoms with Crippen LogP contribution in [0, 0.1) is 0 Å². The number of nitrogens with zero attached hydrogens (tertiary/aromatic N) is 2. The molecule has 0 saturated carbocycles. The highest BCUT2D eigenvalue weighted by Gasteiger charge is 2.18. The van der Waals surface area contributed by atoms with Crippen molar-refractivity contribution in [2.45, 2.75) is 23.9 Å². The third-order valence-corrected chi connectivity index (χ3v) is 4.71. The molecule has 1 amide bonds. The highest BCUT2D eigenvalue weighted by atomic mass is 32.2. The van der Waals surface area contributed by atoms with Crippen LogP contribution in [-0.4, -0.2) is 26.3 Å². The summed E-state index contributed by atoms with van der Waals surface area (Å²) in [5.74, 6) is 0.358. The van der Waals surface area contributed by atoms with Gasteiger partial charge in [-0.25, -0.2) is 0 Å². The summed E-state index contributed by atoms with van der Waals surface area (Å²) >= 11 is 2.86. The van der Waals surface area contributed by atoms with E-state index < -0.39 is 0 Å². The van der Waals surface area contributed by atoms with Crippen molar-refractivity contribution in [3.8, 4) is 11.6 Å². The van der Waals surface area contributed by atoms with Crippen LogP contribution in [0.1, 0.15) is 11.8 Å². The predicted molar refractivity (Wildman–Crippen MR) is 85.6 cm³/mol. The van der Waals surface area contributed by atoms with Gasteiger partial charge >= 0.3 is 0 Å². The summed E-state index contributed by atoms with van der Waals surface area (Å²) in [4.78, 5) is 16.2. The maximum atomic E-state index is 12.1. The molecule has 3 heterocycles. The average molecular weight is 334 g/mol. The second-order valence-electron chi connectivity index (χ2n) is 4.51. The van der Waals surface area contributed by atoms with Crippen LogP contribution in [0.4, 0.5) is 0 Å². The Morgan fingerprint density at radius 3 is 3.09 bits per heavy atom. The molecule has 114 valence electrons. The predicted octanol–water partition coefficient (Wildman–Crippen LogP) is 2.92. The van der Waals surface area contributed by atoms with Gasteiger partial charge in [0.15, 0.2) is 0 Å². The van der Waals surface area contributed by atoms with Crippen molar-refractivity contribution in [2.24, 2.45) is 0 Å². The maximum Gasteiger partial charge on any atom is 0.277 e. The Bertz CT molecular complexity index is 722. The van der Waals surface area contributed by atoms with Crippen LogP contribution in [0.3, 0.4) is 0 Å². The molecule has 2 N–H and O–H groups in total. The Morgan fingerprint density at radius 2 is 2.36 bits per heavy atom. The summed E-state index contributed by atoms with van der Waals surface area (Å²) in [6.07, 6.45) is 1.78. The minimum atomic E-state index is -0.308. The number of rotatable bonds is 6. The van der Waals surface area contributed by atoms with Gasteiger partial charge in [0, 0.05) is 11.1 Å². The average Bonchev–Trinajstić information content (AvgIpc) is 3.25. The zero-order chi connectivity index (χ0) is 15.4. The summed E-state index contributed by atoms with van der Waals surface area (Å²) in [7, 11) is 0. The molecule has 0 unspecified atom stereocenters. The molecule has 0 aliphatic heterocycles. The Morgan fingerprint density at radius 1 is 1.45 bits per heavy atom. The molecule has 3 aromatic heterocycles. The lowest BCUT2D eigenvalue weighted by Crippen LogP contribution is -2.30. The molecule has 1 atom stereocenters. The van der Waals surface area contributed by atoms with Gasteiger partial charge in [-0.15, -0.1) is 21.5 Å². The molecule has 8 heteroatoms. The first-order valence-electron chi connectivity index (χ1n) is 6.66. The van der Waals surface area contributed by atoms with Crippen molar-refractivity contribution >= 4 is 29.0 Å². The zero-order valence-corrected chi connectivity index (χ0v) is 13.4. The lowest BCUT2D eigenvalue weighted by atomic mass is 10.4. The van der Waals surface area contributed by atoms with E-state index in [4.69, 9.17) is 4.42 Å². The van der Waals surface area contributed by atoms with Crippen LogP contribution in [0.2, 0.25) is 0 Å². The fraction of sp³-hybridized carbons (Fsp3) is 0.214. The minimum absolute atomic E-state index is 0.0574. The van der Waals surface area contributed by atoms with Gasteiger partial charge in [0.1, 0.15) is 5.69 Å². The van der Waals surface area contributed by atoms with E-state index in [1.54, 1.807) is 17.5 Å². The van der Waals surface area contributed by atoms with Crippen molar-refractivity contribution in [1.29, 1.82) is 0 Å². The first-order valence-corrected chi connectivity index (χ1v) is 8.42. The fourth-order valence-electron chi connectivity index (χ4n) is 1.77. The molecular weight excluding hydrogens is 320 g/mol. The Labute approximate surface area is 135 Å². The molecule has 0 fully saturated rings. The van der Waals surface area contributed by atoms with Crippen molar-refractivity contribution < 1.29 is 9.21 Å².